The minimum Gasteiger partial charge on any atom is -0.309 e. The van der Waals surface area contributed by atoms with Crippen LogP contribution in [-0.4, -0.2) is 24.5 Å². The molecule has 0 N–H and O–H groups in total. The molecule has 0 radical (unpaired) electrons. The molecule has 0 fully saturated rings. The lowest BCUT2D eigenvalue weighted by Gasteiger charge is -2.16. The van der Waals surface area contributed by atoms with Crippen molar-refractivity contribution < 1.29 is 0 Å². The summed E-state index contributed by atoms with van der Waals surface area (Å²) in [6.45, 7) is 0. The van der Waals surface area contributed by atoms with Crippen molar-refractivity contribution in [2.75, 3.05) is 0 Å². The molecule has 0 saturated carbocycles. The summed E-state index contributed by atoms with van der Waals surface area (Å²) in [5, 5.41) is 4.96. The first-order valence-electron chi connectivity index (χ1n) is 18.6. The fraction of sp³-hybridized carbons (Fsp3) is 0. The average molecular weight is 734 g/mol. The summed E-state index contributed by atoms with van der Waals surface area (Å²) in [4.78, 5) is 20.2. The van der Waals surface area contributed by atoms with Crippen LogP contribution in [0.1, 0.15) is 0 Å². The fourth-order valence-corrected chi connectivity index (χ4v) is 9.13. The van der Waals surface area contributed by atoms with E-state index < -0.39 is 0 Å². The SMILES string of the molecule is c1ccc(-c2nc(-c3ccc(-c4ccccc4)c(-n4c5ccccc5c5ccccc54)c3)nc(-c3ccc(-c4cccc5c4sc4ccccc45)cn3)n2)cc1. The van der Waals surface area contributed by atoms with Gasteiger partial charge in [-0.3, -0.25) is 4.98 Å². The normalized spacial score (nSPS) is 11.6. The Labute approximate surface area is 326 Å². The van der Waals surface area contributed by atoms with Gasteiger partial charge in [0, 0.05) is 65.0 Å². The molecule has 0 aliphatic carbocycles. The summed E-state index contributed by atoms with van der Waals surface area (Å²) in [5.41, 5.74) is 10.3. The number of fused-ring (bicyclic) bond motifs is 6. The second-order valence-electron chi connectivity index (χ2n) is 13.9. The van der Waals surface area contributed by atoms with Crippen molar-refractivity contribution in [3.8, 4) is 62.2 Å². The van der Waals surface area contributed by atoms with Crippen molar-refractivity contribution in [1.29, 1.82) is 0 Å². The van der Waals surface area contributed by atoms with Gasteiger partial charge in [0.15, 0.2) is 17.5 Å². The van der Waals surface area contributed by atoms with Crippen LogP contribution in [0, 0.1) is 0 Å². The van der Waals surface area contributed by atoms with E-state index >= 15 is 0 Å². The highest BCUT2D eigenvalue weighted by Crippen LogP contribution is 2.41. The number of rotatable bonds is 6. The predicted molar refractivity (Wildman–Crippen MR) is 232 cm³/mol. The highest BCUT2D eigenvalue weighted by Gasteiger charge is 2.19. The molecule has 7 aromatic carbocycles. The van der Waals surface area contributed by atoms with Crippen LogP contribution < -0.4 is 0 Å². The summed E-state index contributed by atoms with van der Waals surface area (Å²) >= 11 is 1.82. The Morgan fingerprint density at radius 1 is 0.393 bits per heavy atom. The van der Waals surface area contributed by atoms with Crippen molar-refractivity contribution in [3.63, 3.8) is 0 Å². The van der Waals surface area contributed by atoms with Crippen molar-refractivity contribution in [2.45, 2.75) is 0 Å². The minimum atomic E-state index is 0.519. The maximum atomic E-state index is 5.14. The van der Waals surface area contributed by atoms with Crippen molar-refractivity contribution in [3.05, 3.63) is 188 Å². The van der Waals surface area contributed by atoms with Crippen LogP contribution in [0.5, 0.6) is 0 Å². The van der Waals surface area contributed by atoms with Gasteiger partial charge < -0.3 is 4.57 Å². The maximum Gasteiger partial charge on any atom is 0.182 e. The first kappa shape index (κ1) is 32.2. The zero-order chi connectivity index (χ0) is 37.0. The summed E-state index contributed by atoms with van der Waals surface area (Å²) in [6.07, 6.45) is 1.94. The number of pyridine rings is 1. The first-order valence-corrected chi connectivity index (χ1v) is 19.5. The zero-order valence-electron chi connectivity index (χ0n) is 30.0. The van der Waals surface area contributed by atoms with E-state index in [0.29, 0.717) is 23.2 Å². The molecule has 4 heterocycles. The molecule has 0 saturated heterocycles. The second-order valence-corrected chi connectivity index (χ2v) is 14.9. The van der Waals surface area contributed by atoms with Crippen LogP contribution in [0.4, 0.5) is 0 Å². The number of nitrogens with zero attached hydrogens (tertiary/aromatic N) is 5. The third kappa shape index (κ3) is 5.38. The standard InChI is InChI=1S/C50H31N5S/c1-3-14-32(15-4-1)36-28-26-34(30-45(36)55-43-23-10-7-18-38(43)39-19-8-11-24-44(39)55)49-52-48(33-16-5-2-6-17-33)53-50(54-49)42-29-27-35(31-51-42)37-21-13-22-41-40-20-9-12-25-46(40)56-47(37)41/h1-31H. The topological polar surface area (TPSA) is 56.5 Å². The van der Waals surface area contributed by atoms with Crippen LogP contribution in [0.25, 0.3) is 104 Å². The van der Waals surface area contributed by atoms with Gasteiger partial charge >= 0.3 is 0 Å². The Hall–Kier alpha value is -7.28. The van der Waals surface area contributed by atoms with Gasteiger partial charge in [-0.05, 0) is 35.9 Å². The van der Waals surface area contributed by atoms with Crippen LogP contribution in [0.15, 0.2) is 188 Å². The molecule has 0 aliphatic rings. The van der Waals surface area contributed by atoms with Gasteiger partial charge in [0.25, 0.3) is 0 Å². The van der Waals surface area contributed by atoms with Crippen LogP contribution in [-0.2, 0) is 0 Å². The lowest BCUT2D eigenvalue weighted by molar-refractivity contribution is 1.06. The number of hydrogen-bond acceptors (Lipinski definition) is 5. The van der Waals surface area contributed by atoms with Gasteiger partial charge in [-0.15, -0.1) is 11.3 Å². The Balaban J connectivity index is 1.08. The largest absolute Gasteiger partial charge is 0.309 e. The minimum absolute atomic E-state index is 0.519. The highest BCUT2D eigenvalue weighted by molar-refractivity contribution is 7.26. The Morgan fingerprint density at radius 3 is 1.70 bits per heavy atom. The molecule has 6 heteroatoms. The van der Waals surface area contributed by atoms with Gasteiger partial charge in [-0.1, -0.05) is 152 Å². The zero-order valence-corrected chi connectivity index (χ0v) is 30.9. The molecule has 56 heavy (non-hydrogen) atoms. The molecule has 0 amide bonds. The van der Waals surface area contributed by atoms with E-state index in [0.717, 1.165) is 44.5 Å². The molecule has 0 atom stereocenters. The van der Waals surface area contributed by atoms with E-state index in [4.69, 9.17) is 19.9 Å². The van der Waals surface area contributed by atoms with E-state index in [-0.39, 0.29) is 0 Å². The summed E-state index contributed by atoms with van der Waals surface area (Å²) in [6, 6.07) is 63.7. The Bertz CT molecular complexity index is 3190. The van der Waals surface area contributed by atoms with E-state index in [2.05, 4.69) is 150 Å². The van der Waals surface area contributed by atoms with Crippen LogP contribution in [0.3, 0.4) is 0 Å². The quantitative estimate of drug-likeness (QED) is 0.171. The molecule has 0 unspecified atom stereocenters. The molecule has 5 nitrogen and oxygen atoms in total. The fourth-order valence-electron chi connectivity index (χ4n) is 7.90. The number of benzene rings is 7. The Morgan fingerprint density at radius 2 is 0.982 bits per heavy atom. The van der Waals surface area contributed by atoms with Crippen molar-refractivity contribution >= 4 is 53.3 Å². The van der Waals surface area contributed by atoms with Gasteiger partial charge in [0.05, 0.1) is 16.7 Å². The third-order valence-corrected chi connectivity index (χ3v) is 11.8. The molecular weight excluding hydrogens is 703 g/mol. The van der Waals surface area contributed by atoms with Gasteiger partial charge in [-0.25, -0.2) is 15.0 Å². The molecule has 262 valence electrons. The molecule has 0 bridgehead atoms. The van der Waals surface area contributed by atoms with E-state index in [1.165, 1.54) is 36.5 Å². The summed E-state index contributed by atoms with van der Waals surface area (Å²) < 4.78 is 4.91. The number of para-hydroxylation sites is 2. The van der Waals surface area contributed by atoms with E-state index in [9.17, 15) is 0 Å². The third-order valence-electron chi connectivity index (χ3n) is 10.5. The van der Waals surface area contributed by atoms with Gasteiger partial charge in [0.1, 0.15) is 5.69 Å². The van der Waals surface area contributed by atoms with E-state index in [1.54, 1.807) is 0 Å². The number of thiophene rings is 1. The predicted octanol–water partition coefficient (Wildman–Crippen LogP) is 13.1. The lowest BCUT2D eigenvalue weighted by atomic mass is 10.0. The van der Waals surface area contributed by atoms with Gasteiger partial charge in [0.2, 0.25) is 0 Å². The van der Waals surface area contributed by atoms with Crippen molar-refractivity contribution in [2.24, 2.45) is 0 Å². The smallest absolute Gasteiger partial charge is 0.182 e. The molecule has 11 aromatic rings. The summed E-state index contributed by atoms with van der Waals surface area (Å²) in [7, 11) is 0. The molecule has 4 aromatic heterocycles. The van der Waals surface area contributed by atoms with Crippen LogP contribution in [0.2, 0.25) is 0 Å². The summed E-state index contributed by atoms with van der Waals surface area (Å²) in [5.74, 6) is 1.69. The molecule has 0 aliphatic heterocycles. The lowest BCUT2D eigenvalue weighted by Crippen LogP contribution is -2.03. The second kappa shape index (κ2) is 13.2. The average Bonchev–Trinajstić information content (AvgIpc) is 3.83. The number of aromatic nitrogens is 5. The maximum absolute atomic E-state index is 5.14. The van der Waals surface area contributed by atoms with Crippen LogP contribution >= 0.6 is 11.3 Å². The van der Waals surface area contributed by atoms with Crippen molar-refractivity contribution in [1.82, 2.24) is 24.5 Å². The van der Waals surface area contributed by atoms with E-state index in [1.807, 2.05) is 53.9 Å². The molecule has 11 rings (SSSR count). The monoisotopic (exact) mass is 733 g/mol. The molecular formula is C50H31N5S. The number of hydrogen-bond donors (Lipinski definition) is 0. The van der Waals surface area contributed by atoms with Gasteiger partial charge in [-0.2, -0.15) is 0 Å². The first-order chi connectivity index (χ1) is 27.8. The molecule has 0 spiro atoms. The Kier molecular flexibility index (Phi) is 7.60. The highest BCUT2D eigenvalue weighted by atomic mass is 32.1.